The Balaban J connectivity index is 2.41. The SMILES string of the molecule is CCOC(=O)c1cnn(C2=CCCC=C2)c1NC(N)=O. The number of nitrogens with two attached hydrogens (primary N) is 1. The molecule has 0 radical (unpaired) electrons. The molecule has 3 N–H and O–H groups in total. The fraction of sp³-hybridized carbons (Fsp3) is 0.308. The van der Waals surface area contributed by atoms with E-state index in [2.05, 4.69) is 10.4 Å². The highest BCUT2D eigenvalue weighted by Crippen LogP contribution is 2.23. The molecular formula is C13H16N4O3. The van der Waals surface area contributed by atoms with Crippen molar-refractivity contribution < 1.29 is 14.3 Å². The zero-order valence-corrected chi connectivity index (χ0v) is 11.1. The highest BCUT2D eigenvalue weighted by Gasteiger charge is 2.21. The van der Waals surface area contributed by atoms with Gasteiger partial charge in [0.15, 0.2) is 5.82 Å². The summed E-state index contributed by atoms with van der Waals surface area (Å²) in [4.78, 5) is 23.0. The minimum Gasteiger partial charge on any atom is -0.462 e. The smallest absolute Gasteiger partial charge is 0.343 e. The van der Waals surface area contributed by atoms with Gasteiger partial charge in [0, 0.05) is 0 Å². The van der Waals surface area contributed by atoms with Crippen molar-refractivity contribution in [1.29, 1.82) is 0 Å². The molecule has 2 amide bonds. The van der Waals surface area contributed by atoms with Gasteiger partial charge in [0.05, 0.1) is 18.5 Å². The molecule has 0 aromatic carbocycles. The number of nitrogens with one attached hydrogen (secondary N) is 1. The van der Waals surface area contributed by atoms with Gasteiger partial charge in [-0.2, -0.15) is 5.10 Å². The van der Waals surface area contributed by atoms with Crippen LogP contribution in [-0.2, 0) is 4.74 Å². The first-order valence-electron chi connectivity index (χ1n) is 6.32. The van der Waals surface area contributed by atoms with E-state index in [4.69, 9.17) is 10.5 Å². The molecule has 1 aliphatic rings. The first-order valence-corrected chi connectivity index (χ1v) is 6.32. The van der Waals surface area contributed by atoms with E-state index >= 15 is 0 Å². The van der Waals surface area contributed by atoms with Gasteiger partial charge in [-0.15, -0.1) is 0 Å². The summed E-state index contributed by atoms with van der Waals surface area (Å²) in [6, 6.07) is -0.766. The van der Waals surface area contributed by atoms with Crippen molar-refractivity contribution in [2.24, 2.45) is 5.73 Å². The molecular weight excluding hydrogens is 260 g/mol. The monoisotopic (exact) mass is 276 g/mol. The maximum absolute atomic E-state index is 11.8. The summed E-state index contributed by atoms with van der Waals surface area (Å²) in [6.07, 6.45) is 9.01. The third kappa shape index (κ3) is 2.87. The summed E-state index contributed by atoms with van der Waals surface area (Å²) in [7, 11) is 0. The number of hydrogen-bond donors (Lipinski definition) is 2. The number of carbonyl (C=O) groups excluding carboxylic acids is 2. The number of carbonyl (C=O) groups is 2. The van der Waals surface area contributed by atoms with Gasteiger partial charge >= 0.3 is 12.0 Å². The number of esters is 1. The van der Waals surface area contributed by atoms with Crippen molar-refractivity contribution in [2.45, 2.75) is 19.8 Å². The van der Waals surface area contributed by atoms with Gasteiger partial charge in [-0.05, 0) is 25.8 Å². The predicted octanol–water partition coefficient (Wildman–Crippen LogP) is 1.74. The molecule has 0 bridgehead atoms. The van der Waals surface area contributed by atoms with Gasteiger partial charge in [0.25, 0.3) is 0 Å². The number of allylic oxidation sites excluding steroid dienone is 4. The number of hydrogen-bond acceptors (Lipinski definition) is 4. The maximum atomic E-state index is 11.8. The molecule has 20 heavy (non-hydrogen) atoms. The fourth-order valence-electron chi connectivity index (χ4n) is 1.90. The van der Waals surface area contributed by atoms with Crippen molar-refractivity contribution in [3.05, 3.63) is 30.0 Å². The van der Waals surface area contributed by atoms with E-state index in [1.54, 1.807) is 6.92 Å². The van der Waals surface area contributed by atoms with Crippen molar-refractivity contribution in [3.63, 3.8) is 0 Å². The average Bonchev–Trinajstić information content (AvgIpc) is 2.83. The van der Waals surface area contributed by atoms with Crippen LogP contribution in [0.1, 0.15) is 30.1 Å². The van der Waals surface area contributed by atoms with Crippen molar-refractivity contribution in [3.8, 4) is 0 Å². The van der Waals surface area contributed by atoms with Crippen LogP contribution in [0.25, 0.3) is 5.70 Å². The van der Waals surface area contributed by atoms with Gasteiger partial charge < -0.3 is 10.5 Å². The summed E-state index contributed by atoms with van der Waals surface area (Å²) < 4.78 is 6.39. The summed E-state index contributed by atoms with van der Waals surface area (Å²) in [5, 5.41) is 6.54. The van der Waals surface area contributed by atoms with Crippen LogP contribution >= 0.6 is 0 Å². The van der Waals surface area contributed by atoms with Crippen LogP contribution in [0, 0.1) is 0 Å². The van der Waals surface area contributed by atoms with Crippen LogP contribution in [0.5, 0.6) is 0 Å². The van der Waals surface area contributed by atoms with Gasteiger partial charge in [-0.1, -0.05) is 12.2 Å². The molecule has 106 valence electrons. The van der Waals surface area contributed by atoms with Gasteiger partial charge in [-0.3, -0.25) is 5.32 Å². The number of ether oxygens (including phenoxy) is 1. The van der Waals surface area contributed by atoms with Crippen LogP contribution < -0.4 is 11.1 Å². The summed E-state index contributed by atoms with van der Waals surface area (Å²) in [5.74, 6) is -0.336. The molecule has 0 fully saturated rings. The fourth-order valence-corrected chi connectivity index (χ4v) is 1.90. The normalized spacial score (nSPS) is 13.8. The lowest BCUT2D eigenvalue weighted by molar-refractivity contribution is 0.0527. The van der Waals surface area contributed by atoms with Gasteiger partial charge in [0.1, 0.15) is 5.56 Å². The molecule has 1 aliphatic carbocycles. The second-order valence-electron chi connectivity index (χ2n) is 4.14. The standard InChI is InChI=1S/C13H16N4O3/c1-2-20-12(18)10-8-15-17(11(10)16-13(14)19)9-6-4-3-5-7-9/h4,6-8H,2-3,5H2,1H3,(H3,14,16,19). The molecule has 1 heterocycles. The zero-order chi connectivity index (χ0) is 14.5. The number of aromatic nitrogens is 2. The first kappa shape index (κ1) is 13.9. The third-order valence-corrected chi connectivity index (χ3v) is 2.73. The molecule has 0 saturated heterocycles. The molecule has 1 aromatic rings. The molecule has 0 saturated carbocycles. The quantitative estimate of drug-likeness (QED) is 0.818. The Labute approximate surface area is 116 Å². The lowest BCUT2D eigenvalue weighted by Gasteiger charge is -2.12. The predicted molar refractivity (Wildman–Crippen MR) is 74.0 cm³/mol. The van der Waals surface area contributed by atoms with Crippen molar-refractivity contribution in [2.75, 3.05) is 11.9 Å². The Hall–Kier alpha value is -2.57. The van der Waals surface area contributed by atoms with E-state index in [1.165, 1.54) is 10.9 Å². The molecule has 0 aliphatic heterocycles. The second kappa shape index (κ2) is 6.05. The number of amides is 2. The van der Waals surface area contributed by atoms with E-state index in [1.807, 2.05) is 18.2 Å². The number of nitrogens with zero attached hydrogens (tertiary/aromatic N) is 2. The molecule has 0 atom stereocenters. The van der Waals surface area contributed by atoms with E-state index in [0.717, 1.165) is 18.5 Å². The molecule has 0 unspecified atom stereocenters. The lowest BCUT2D eigenvalue weighted by atomic mass is 10.1. The van der Waals surface area contributed by atoms with Crippen molar-refractivity contribution in [1.82, 2.24) is 9.78 Å². The Bertz CT molecular complexity index is 586. The van der Waals surface area contributed by atoms with Crippen LogP contribution in [0.3, 0.4) is 0 Å². The van der Waals surface area contributed by atoms with E-state index < -0.39 is 12.0 Å². The minimum absolute atomic E-state index is 0.172. The molecule has 7 heteroatoms. The molecule has 1 aromatic heterocycles. The number of anilines is 1. The van der Waals surface area contributed by atoms with Crippen LogP contribution in [0.15, 0.2) is 24.4 Å². The first-order chi connectivity index (χ1) is 9.63. The van der Waals surface area contributed by atoms with E-state index in [0.29, 0.717) is 0 Å². The van der Waals surface area contributed by atoms with Gasteiger partial charge in [-0.25, -0.2) is 14.3 Å². The second-order valence-corrected chi connectivity index (χ2v) is 4.14. The molecule has 2 rings (SSSR count). The minimum atomic E-state index is -0.766. The van der Waals surface area contributed by atoms with Gasteiger partial charge in [0.2, 0.25) is 0 Å². The Kier molecular flexibility index (Phi) is 4.19. The third-order valence-electron chi connectivity index (χ3n) is 2.73. The van der Waals surface area contributed by atoms with Crippen LogP contribution in [-0.4, -0.2) is 28.4 Å². The Morgan fingerprint density at radius 2 is 2.30 bits per heavy atom. The average molecular weight is 276 g/mol. The topological polar surface area (TPSA) is 99.2 Å². The molecule has 0 spiro atoms. The Morgan fingerprint density at radius 3 is 2.90 bits per heavy atom. The van der Waals surface area contributed by atoms with Crippen LogP contribution in [0.2, 0.25) is 0 Å². The highest BCUT2D eigenvalue weighted by molar-refractivity contribution is 6.00. The highest BCUT2D eigenvalue weighted by atomic mass is 16.5. The van der Waals surface area contributed by atoms with Crippen LogP contribution in [0.4, 0.5) is 10.6 Å². The summed E-state index contributed by atoms with van der Waals surface area (Å²) in [5.41, 5.74) is 6.09. The largest absolute Gasteiger partial charge is 0.462 e. The lowest BCUT2D eigenvalue weighted by Crippen LogP contribution is -2.23. The van der Waals surface area contributed by atoms with E-state index in [-0.39, 0.29) is 18.0 Å². The maximum Gasteiger partial charge on any atom is 0.343 e. The number of primary amides is 1. The van der Waals surface area contributed by atoms with E-state index in [9.17, 15) is 9.59 Å². The van der Waals surface area contributed by atoms with Crippen molar-refractivity contribution >= 4 is 23.5 Å². The summed E-state index contributed by atoms with van der Waals surface area (Å²) >= 11 is 0. The Morgan fingerprint density at radius 1 is 1.50 bits per heavy atom. The number of rotatable bonds is 4. The molecule has 7 nitrogen and oxygen atoms in total. The summed E-state index contributed by atoms with van der Waals surface area (Å²) in [6.45, 7) is 1.94. The zero-order valence-electron chi connectivity index (χ0n) is 11.1. The number of urea groups is 1.